The van der Waals surface area contributed by atoms with Crippen molar-refractivity contribution in [1.82, 2.24) is 14.1 Å². The number of sulfonamides is 1. The monoisotopic (exact) mass is 572 g/mol. The second kappa shape index (κ2) is 10.0. The first-order valence-electron chi connectivity index (χ1n) is 12.1. The molecule has 0 N–H and O–H groups in total. The maximum atomic E-state index is 13.5. The standard InChI is InChI=1S/C23H30F6N4O4S/c1-16(22(24,25)26)37-20(34)31-9-7-30(8-10-31)12-17-3-4-18(23(27,28)29)11-19(17)32-6-5-21(13-32)14-33(15-21)38(2,35)36/h3-4,11,16H,5-10,12-15H2,1-2H3. The summed E-state index contributed by atoms with van der Waals surface area (Å²) in [6.07, 6.45) is -10.7. The maximum absolute atomic E-state index is 13.5. The van der Waals surface area contributed by atoms with Crippen molar-refractivity contribution < 1.29 is 44.3 Å². The van der Waals surface area contributed by atoms with Crippen LogP contribution in [0.2, 0.25) is 0 Å². The molecule has 1 unspecified atom stereocenters. The zero-order chi connectivity index (χ0) is 28.1. The molecule has 0 radical (unpaired) electrons. The van der Waals surface area contributed by atoms with E-state index in [0.717, 1.165) is 25.3 Å². The van der Waals surface area contributed by atoms with Crippen LogP contribution < -0.4 is 4.90 Å². The van der Waals surface area contributed by atoms with Gasteiger partial charge in [-0.15, -0.1) is 0 Å². The summed E-state index contributed by atoms with van der Waals surface area (Å²) in [7, 11) is -3.32. The number of amides is 1. The van der Waals surface area contributed by atoms with E-state index in [9.17, 15) is 39.6 Å². The number of piperazine rings is 1. The van der Waals surface area contributed by atoms with Crippen LogP contribution in [0, 0.1) is 5.41 Å². The summed E-state index contributed by atoms with van der Waals surface area (Å²) in [6.45, 7) is 3.49. The number of carbonyl (C=O) groups excluding carboxylic acids is 1. The first-order chi connectivity index (χ1) is 17.5. The Morgan fingerprint density at radius 3 is 2.21 bits per heavy atom. The molecule has 214 valence electrons. The van der Waals surface area contributed by atoms with Crippen molar-refractivity contribution in [1.29, 1.82) is 0 Å². The summed E-state index contributed by atoms with van der Waals surface area (Å²) >= 11 is 0. The zero-order valence-electron chi connectivity index (χ0n) is 21.0. The highest BCUT2D eigenvalue weighted by Crippen LogP contribution is 2.44. The Morgan fingerprint density at radius 2 is 1.66 bits per heavy atom. The Morgan fingerprint density at radius 1 is 1.03 bits per heavy atom. The van der Waals surface area contributed by atoms with E-state index >= 15 is 0 Å². The van der Waals surface area contributed by atoms with Gasteiger partial charge in [-0.3, -0.25) is 4.90 Å². The van der Waals surface area contributed by atoms with E-state index in [2.05, 4.69) is 4.74 Å². The van der Waals surface area contributed by atoms with Crippen molar-refractivity contribution in [2.24, 2.45) is 5.41 Å². The summed E-state index contributed by atoms with van der Waals surface area (Å²) in [6, 6.07) is 3.57. The van der Waals surface area contributed by atoms with E-state index in [1.165, 1.54) is 15.3 Å². The minimum atomic E-state index is -4.66. The first kappa shape index (κ1) is 28.7. The number of alkyl halides is 6. The highest BCUT2D eigenvalue weighted by atomic mass is 32.2. The van der Waals surface area contributed by atoms with Crippen molar-refractivity contribution in [3.63, 3.8) is 0 Å². The Kier molecular flexibility index (Phi) is 7.60. The minimum absolute atomic E-state index is 0.119. The molecule has 8 nitrogen and oxygen atoms in total. The number of hydrogen-bond donors (Lipinski definition) is 0. The molecule has 3 fully saturated rings. The van der Waals surface area contributed by atoms with Crippen molar-refractivity contribution in [3.05, 3.63) is 29.3 Å². The van der Waals surface area contributed by atoms with Crippen LogP contribution in [0.5, 0.6) is 0 Å². The normalized spacial score (nSPS) is 22.0. The molecular weight excluding hydrogens is 542 g/mol. The molecule has 1 amide bonds. The van der Waals surface area contributed by atoms with E-state index in [1.807, 2.05) is 9.80 Å². The van der Waals surface area contributed by atoms with Gasteiger partial charge < -0.3 is 14.5 Å². The van der Waals surface area contributed by atoms with Gasteiger partial charge in [-0.25, -0.2) is 17.5 Å². The molecule has 1 aromatic carbocycles. The third-order valence-corrected chi connectivity index (χ3v) is 8.64. The molecule has 3 heterocycles. The predicted molar refractivity (Wildman–Crippen MR) is 126 cm³/mol. The van der Waals surface area contributed by atoms with Crippen molar-refractivity contribution in [3.8, 4) is 0 Å². The third kappa shape index (κ3) is 6.30. The zero-order valence-corrected chi connectivity index (χ0v) is 21.8. The van der Waals surface area contributed by atoms with Crippen LogP contribution in [-0.4, -0.2) is 99.5 Å². The van der Waals surface area contributed by atoms with Gasteiger partial charge in [-0.1, -0.05) is 6.07 Å². The van der Waals surface area contributed by atoms with Gasteiger partial charge in [0, 0.05) is 70.0 Å². The summed E-state index contributed by atoms with van der Waals surface area (Å²) in [5.74, 6) is 0. The average molecular weight is 573 g/mol. The van der Waals surface area contributed by atoms with Crippen LogP contribution >= 0.6 is 0 Å². The fraction of sp³-hybridized carbons (Fsp3) is 0.696. The molecule has 38 heavy (non-hydrogen) atoms. The molecule has 3 aliphatic heterocycles. The van der Waals surface area contributed by atoms with Crippen molar-refractivity contribution >= 4 is 21.8 Å². The number of anilines is 1. The molecule has 1 atom stereocenters. The number of halogens is 6. The number of benzene rings is 1. The van der Waals surface area contributed by atoms with E-state index in [0.29, 0.717) is 56.9 Å². The van der Waals surface area contributed by atoms with Gasteiger partial charge in [-0.2, -0.15) is 26.3 Å². The molecule has 3 saturated heterocycles. The molecule has 15 heteroatoms. The lowest BCUT2D eigenvalue weighted by Crippen LogP contribution is -2.59. The van der Waals surface area contributed by atoms with Gasteiger partial charge in [-0.05, 0) is 31.0 Å². The molecule has 1 aromatic rings. The number of hydrogen-bond acceptors (Lipinski definition) is 6. The highest BCUT2D eigenvalue weighted by Gasteiger charge is 2.51. The topological polar surface area (TPSA) is 73.4 Å². The van der Waals surface area contributed by atoms with Crippen LogP contribution in [0.15, 0.2) is 18.2 Å². The van der Waals surface area contributed by atoms with Crippen LogP contribution in [0.3, 0.4) is 0 Å². The van der Waals surface area contributed by atoms with Crippen LogP contribution in [0.1, 0.15) is 24.5 Å². The Hall–Kier alpha value is -2.26. The number of rotatable bonds is 5. The fourth-order valence-electron chi connectivity index (χ4n) is 5.13. The predicted octanol–water partition coefficient (Wildman–Crippen LogP) is 3.38. The van der Waals surface area contributed by atoms with Gasteiger partial charge in [0.25, 0.3) is 0 Å². The molecule has 0 aliphatic carbocycles. The first-order valence-corrected chi connectivity index (χ1v) is 14.0. The van der Waals surface area contributed by atoms with Gasteiger partial charge in [0.1, 0.15) is 0 Å². The van der Waals surface area contributed by atoms with E-state index in [1.54, 1.807) is 0 Å². The molecule has 4 rings (SSSR count). The lowest BCUT2D eigenvalue weighted by Gasteiger charge is -2.46. The Balaban J connectivity index is 1.43. The van der Waals surface area contributed by atoms with Gasteiger partial charge in [0.05, 0.1) is 11.8 Å². The van der Waals surface area contributed by atoms with Crippen LogP contribution in [-0.2, 0) is 27.5 Å². The number of carbonyl (C=O) groups is 1. The molecule has 0 aromatic heterocycles. The largest absolute Gasteiger partial charge is 0.437 e. The summed E-state index contributed by atoms with van der Waals surface area (Å²) in [4.78, 5) is 17.1. The molecule has 0 bridgehead atoms. The Labute approximate surface area is 217 Å². The van der Waals surface area contributed by atoms with Crippen LogP contribution in [0.4, 0.5) is 36.8 Å². The molecule has 0 saturated carbocycles. The van der Waals surface area contributed by atoms with Crippen molar-refractivity contribution in [2.75, 3.05) is 63.5 Å². The molecular formula is C23H30F6N4O4S. The average Bonchev–Trinajstić information content (AvgIpc) is 3.23. The van der Waals surface area contributed by atoms with Gasteiger partial charge in [0.15, 0.2) is 6.10 Å². The summed E-state index contributed by atoms with van der Waals surface area (Å²) in [5.41, 5.74) is -0.00459. The quantitative estimate of drug-likeness (QED) is 0.504. The smallest absolute Gasteiger partial charge is 0.425 e. The van der Waals surface area contributed by atoms with Crippen LogP contribution in [0.25, 0.3) is 0 Å². The second-order valence-electron chi connectivity index (χ2n) is 10.4. The van der Waals surface area contributed by atoms with Gasteiger partial charge >= 0.3 is 18.4 Å². The summed E-state index contributed by atoms with van der Waals surface area (Å²) < 4.78 is 108. The van der Waals surface area contributed by atoms with E-state index < -0.39 is 40.1 Å². The molecule has 1 spiro atoms. The fourth-order valence-corrected chi connectivity index (χ4v) is 6.14. The third-order valence-electron chi connectivity index (χ3n) is 7.45. The Bertz CT molecular complexity index is 1150. The highest BCUT2D eigenvalue weighted by molar-refractivity contribution is 7.88. The maximum Gasteiger partial charge on any atom is 0.425 e. The summed E-state index contributed by atoms with van der Waals surface area (Å²) in [5, 5.41) is 0. The minimum Gasteiger partial charge on any atom is -0.437 e. The van der Waals surface area contributed by atoms with Gasteiger partial charge in [0.2, 0.25) is 10.0 Å². The lowest BCUT2D eigenvalue weighted by molar-refractivity contribution is -0.200. The number of ether oxygens (including phenoxy) is 1. The van der Waals surface area contributed by atoms with Crippen molar-refractivity contribution in [2.45, 2.75) is 38.3 Å². The van der Waals surface area contributed by atoms with E-state index in [4.69, 9.17) is 0 Å². The second-order valence-corrected chi connectivity index (χ2v) is 12.4. The SMILES string of the molecule is CC(OC(=O)N1CCN(Cc2ccc(C(F)(F)F)cc2N2CCC3(C2)CN(S(C)(=O)=O)C3)CC1)C(F)(F)F. The number of nitrogens with zero attached hydrogens (tertiary/aromatic N) is 4. The van der Waals surface area contributed by atoms with E-state index in [-0.39, 0.29) is 25.0 Å². The lowest BCUT2D eigenvalue weighted by atomic mass is 9.81. The molecule has 3 aliphatic rings.